The number of benzene rings is 1. The first-order valence-electron chi connectivity index (χ1n) is 8.31. The lowest BCUT2D eigenvalue weighted by Crippen LogP contribution is -2.50. The van der Waals surface area contributed by atoms with E-state index in [2.05, 4.69) is 5.32 Å². The Balaban J connectivity index is 2.04. The Labute approximate surface area is 162 Å². The quantitative estimate of drug-likeness (QED) is 0.460. The molecule has 2 aliphatic heterocycles. The monoisotopic (exact) mass is 392 g/mol. The summed E-state index contributed by atoms with van der Waals surface area (Å²) in [5.41, 5.74) is 1.49. The number of nitrogens with one attached hydrogen (secondary N) is 1. The van der Waals surface area contributed by atoms with Crippen LogP contribution >= 0.6 is 12.2 Å². The molecule has 27 heavy (non-hydrogen) atoms. The number of fused-ring (bicyclic) bond motifs is 1. The maximum Gasteiger partial charge on any atom is 0.338 e. The average Bonchev–Trinajstić information content (AvgIpc) is 3.08. The van der Waals surface area contributed by atoms with Gasteiger partial charge in [0.2, 0.25) is 12.7 Å². The van der Waals surface area contributed by atoms with Crippen LogP contribution in [0, 0.1) is 0 Å². The van der Waals surface area contributed by atoms with Gasteiger partial charge in [0.05, 0.1) is 18.2 Å². The number of carbonyl (C=O) groups excluding carboxylic acids is 2. The summed E-state index contributed by atoms with van der Waals surface area (Å²) >= 11 is 5.33. The van der Waals surface area contributed by atoms with Crippen LogP contribution in [-0.2, 0) is 19.1 Å². The molecular weight excluding hydrogens is 372 g/mol. The summed E-state index contributed by atoms with van der Waals surface area (Å²) in [6.45, 7) is 3.61. The zero-order chi connectivity index (χ0) is 19.6. The second kappa shape index (κ2) is 7.93. The van der Waals surface area contributed by atoms with Crippen LogP contribution in [0.2, 0.25) is 0 Å². The number of allylic oxidation sites excluding steroid dienone is 1. The van der Waals surface area contributed by atoms with Gasteiger partial charge in [0.25, 0.3) is 0 Å². The number of esters is 1. The van der Waals surface area contributed by atoms with E-state index in [1.165, 1.54) is 18.9 Å². The number of methoxy groups -OCH3 is 1. The number of hydrogen-bond donors (Lipinski definition) is 1. The van der Waals surface area contributed by atoms with E-state index in [-0.39, 0.29) is 31.0 Å². The third-order valence-electron chi connectivity index (χ3n) is 4.24. The third-order valence-corrected chi connectivity index (χ3v) is 4.54. The maximum atomic E-state index is 12.8. The minimum Gasteiger partial charge on any atom is -0.460 e. The van der Waals surface area contributed by atoms with Gasteiger partial charge in [0.15, 0.2) is 16.6 Å². The van der Waals surface area contributed by atoms with E-state index >= 15 is 0 Å². The zero-order valence-corrected chi connectivity index (χ0v) is 16.1. The SMILES string of the molecule is COCCOC(=O)C1=C(C)NC(=S)N(C(C)=O)C1c1ccc2c(c1)OCO2. The third kappa shape index (κ3) is 3.74. The van der Waals surface area contributed by atoms with Crippen molar-refractivity contribution in [3.8, 4) is 11.5 Å². The first-order chi connectivity index (χ1) is 12.9. The number of thiocarbonyl (C=S) groups is 1. The van der Waals surface area contributed by atoms with Crippen LogP contribution in [0.4, 0.5) is 0 Å². The zero-order valence-electron chi connectivity index (χ0n) is 15.2. The molecular formula is C18H20N2O6S. The summed E-state index contributed by atoms with van der Waals surface area (Å²) in [4.78, 5) is 26.4. The highest BCUT2D eigenvalue weighted by Gasteiger charge is 2.39. The first-order valence-corrected chi connectivity index (χ1v) is 8.72. The summed E-state index contributed by atoms with van der Waals surface area (Å²) < 4.78 is 21.0. The van der Waals surface area contributed by atoms with E-state index in [1.807, 2.05) is 0 Å². The Morgan fingerprint density at radius 1 is 1.30 bits per heavy atom. The van der Waals surface area contributed by atoms with E-state index < -0.39 is 12.0 Å². The van der Waals surface area contributed by atoms with Crippen molar-refractivity contribution in [1.82, 2.24) is 10.2 Å². The van der Waals surface area contributed by atoms with Crippen LogP contribution in [0.25, 0.3) is 0 Å². The van der Waals surface area contributed by atoms with Crippen molar-refractivity contribution in [2.45, 2.75) is 19.9 Å². The smallest absolute Gasteiger partial charge is 0.338 e. The molecule has 0 spiro atoms. The molecule has 2 heterocycles. The molecule has 0 saturated carbocycles. The largest absolute Gasteiger partial charge is 0.460 e. The van der Waals surface area contributed by atoms with E-state index in [0.29, 0.717) is 28.3 Å². The number of amides is 1. The van der Waals surface area contributed by atoms with Crippen molar-refractivity contribution in [2.75, 3.05) is 27.1 Å². The van der Waals surface area contributed by atoms with Gasteiger partial charge < -0.3 is 24.3 Å². The van der Waals surface area contributed by atoms with Crippen LogP contribution in [0.1, 0.15) is 25.5 Å². The fraction of sp³-hybridized carbons (Fsp3) is 0.389. The van der Waals surface area contributed by atoms with Crippen molar-refractivity contribution in [2.24, 2.45) is 0 Å². The molecule has 1 atom stereocenters. The second-order valence-electron chi connectivity index (χ2n) is 6.00. The molecule has 1 aromatic rings. The van der Waals surface area contributed by atoms with Crippen LogP contribution in [0.5, 0.6) is 11.5 Å². The Bertz CT molecular complexity index is 822. The average molecular weight is 392 g/mol. The summed E-state index contributed by atoms with van der Waals surface area (Å²) in [7, 11) is 1.52. The molecule has 2 aliphatic rings. The van der Waals surface area contributed by atoms with Gasteiger partial charge >= 0.3 is 5.97 Å². The summed E-state index contributed by atoms with van der Waals surface area (Å²) in [6.07, 6.45) is 0. The van der Waals surface area contributed by atoms with Gasteiger partial charge in [0.1, 0.15) is 6.61 Å². The molecule has 1 amide bonds. The molecule has 9 heteroatoms. The summed E-state index contributed by atoms with van der Waals surface area (Å²) in [5, 5.41) is 3.13. The Kier molecular flexibility index (Phi) is 5.62. The van der Waals surface area contributed by atoms with Gasteiger partial charge in [-0.2, -0.15) is 0 Å². The molecule has 0 saturated heterocycles. The molecule has 0 bridgehead atoms. The van der Waals surface area contributed by atoms with Crippen molar-refractivity contribution in [3.05, 3.63) is 35.0 Å². The van der Waals surface area contributed by atoms with Crippen LogP contribution in [-0.4, -0.2) is 49.0 Å². The lowest BCUT2D eigenvalue weighted by Gasteiger charge is -2.37. The van der Waals surface area contributed by atoms with Crippen LogP contribution in [0.3, 0.4) is 0 Å². The summed E-state index contributed by atoms with van der Waals surface area (Å²) in [6, 6.07) is 4.52. The van der Waals surface area contributed by atoms with Gasteiger partial charge in [-0.25, -0.2) is 4.79 Å². The number of nitrogens with zero attached hydrogens (tertiary/aromatic N) is 1. The molecule has 1 unspecified atom stereocenters. The predicted molar refractivity (Wildman–Crippen MR) is 99.1 cm³/mol. The number of carbonyl (C=O) groups is 2. The minimum atomic E-state index is -0.735. The number of rotatable bonds is 5. The maximum absolute atomic E-state index is 12.8. The fourth-order valence-electron chi connectivity index (χ4n) is 3.02. The highest BCUT2D eigenvalue weighted by atomic mass is 32.1. The first kappa shape index (κ1) is 19.1. The van der Waals surface area contributed by atoms with Crippen molar-refractivity contribution in [1.29, 1.82) is 0 Å². The van der Waals surface area contributed by atoms with E-state index in [1.54, 1.807) is 25.1 Å². The number of ether oxygens (including phenoxy) is 4. The molecule has 0 radical (unpaired) electrons. The van der Waals surface area contributed by atoms with Crippen LogP contribution < -0.4 is 14.8 Å². The molecule has 1 aromatic carbocycles. The molecule has 3 rings (SSSR count). The van der Waals surface area contributed by atoms with Crippen molar-refractivity contribution < 1.29 is 28.5 Å². The standard InChI is InChI=1S/C18H20N2O6S/c1-10-15(17(22)24-7-6-23-3)16(20(11(2)21)18(27)19-10)12-4-5-13-14(8-12)26-9-25-13/h4-5,8,16H,6-7,9H2,1-3H3,(H,19,27). The molecule has 8 nitrogen and oxygen atoms in total. The van der Waals surface area contributed by atoms with Crippen molar-refractivity contribution in [3.63, 3.8) is 0 Å². The van der Waals surface area contributed by atoms with Gasteiger partial charge in [-0.3, -0.25) is 9.69 Å². The van der Waals surface area contributed by atoms with Gasteiger partial charge in [0, 0.05) is 19.7 Å². The topological polar surface area (TPSA) is 86.3 Å². The molecule has 0 aromatic heterocycles. The highest BCUT2D eigenvalue weighted by molar-refractivity contribution is 7.80. The Morgan fingerprint density at radius 2 is 2.04 bits per heavy atom. The van der Waals surface area contributed by atoms with Crippen LogP contribution in [0.15, 0.2) is 29.5 Å². The molecule has 0 fully saturated rings. The van der Waals surface area contributed by atoms with E-state index in [0.717, 1.165) is 0 Å². The van der Waals surface area contributed by atoms with E-state index in [4.69, 9.17) is 31.2 Å². The van der Waals surface area contributed by atoms with Gasteiger partial charge in [-0.1, -0.05) is 6.07 Å². The fourth-order valence-corrected chi connectivity index (χ4v) is 3.41. The van der Waals surface area contributed by atoms with Gasteiger partial charge in [-0.15, -0.1) is 0 Å². The summed E-state index contributed by atoms with van der Waals surface area (Å²) in [5.74, 6) is 0.304. The lowest BCUT2D eigenvalue weighted by molar-refractivity contribution is -0.141. The predicted octanol–water partition coefficient (Wildman–Crippen LogP) is 1.66. The lowest BCUT2D eigenvalue weighted by atomic mass is 9.93. The Hall–Kier alpha value is -2.65. The normalized spacial score (nSPS) is 18.4. The minimum absolute atomic E-state index is 0.102. The Morgan fingerprint density at radius 3 is 2.74 bits per heavy atom. The molecule has 0 aliphatic carbocycles. The van der Waals surface area contributed by atoms with E-state index in [9.17, 15) is 9.59 Å². The van der Waals surface area contributed by atoms with Crippen molar-refractivity contribution >= 4 is 29.2 Å². The van der Waals surface area contributed by atoms with Gasteiger partial charge in [-0.05, 0) is 36.8 Å². The molecule has 1 N–H and O–H groups in total. The molecule has 144 valence electrons. The number of hydrogen-bond acceptors (Lipinski definition) is 7. The second-order valence-corrected chi connectivity index (χ2v) is 6.39. The highest BCUT2D eigenvalue weighted by Crippen LogP contribution is 2.40.